The predicted molar refractivity (Wildman–Crippen MR) is 61.3 cm³/mol. The van der Waals surface area contributed by atoms with E-state index in [1.54, 1.807) is 7.11 Å². The Kier molecular flexibility index (Phi) is 7.12. The average molecular weight is 230 g/mol. The molecule has 0 aromatic carbocycles. The summed E-state index contributed by atoms with van der Waals surface area (Å²) < 4.78 is 10.1. The second-order valence-electron chi connectivity index (χ2n) is 3.94. The third-order valence-electron chi connectivity index (χ3n) is 2.65. The van der Waals surface area contributed by atoms with Gasteiger partial charge < -0.3 is 20.1 Å². The van der Waals surface area contributed by atoms with Crippen molar-refractivity contribution in [1.29, 1.82) is 0 Å². The Balaban J connectivity index is 1.97. The number of methoxy groups -OCH3 is 1. The van der Waals surface area contributed by atoms with Crippen LogP contribution in [0.5, 0.6) is 0 Å². The van der Waals surface area contributed by atoms with Gasteiger partial charge in [0, 0.05) is 20.2 Å². The van der Waals surface area contributed by atoms with E-state index in [0.717, 1.165) is 25.9 Å². The summed E-state index contributed by atoms with van der Waals surface area (Å²) in [6.45, 7) is 4.15. The van der Waals surface area contributed by atoms with Crippen LogP contribution < -0.4 is 10.6 Å². The molecule has 1 amide bonds. The molecule has 94 valence electrons. The standard InChI is InChI=1S/C11H22N2O3/c1-15-7-8-16-6-5-13-11(14)10-3-2-4-12-9-10/h10,12H,2-9H2,1H3,(H,13,14)/t10-/m0/s1. The molecule has 0 aromatic heterocycles. The van der Waals surface area contributed by atoms with Crippen molar-refractivity contribution >= 4 is 5.91 Å². The topological polar surface area (TPSA) is 59.6 Å². The zero-order valence-electron chi connectivity index (χ0n) is 9.96. The number of ether oxygens (including phenoxy) is 2. The van der Waals surface area contributed by atoms with Gasteiger partial charge in [0.1, 0.15) is 0 Å². The van der Waals surface area contributed by atoms with Gasteiger partial charge in [-0.1, -0.05) is 0 Å². The van der Waals surface area contributed by atoms with E-state index in [1.807, 2.05) is 0 Å². The molecule has 5 heteroatoms. The summed E-state index contributed by atoms with van der Waals surface area (Å²) in [5.41, 5.74) is 0. The van der Waals surface area contributed by atoms with Crippen molar-refractivity contribution in [3.05, 3.63) is 0 Å². The minimum Gasteiger partial charge on any atom is -0.382 e. The molecule has 0 unspecified atom stereocenters. The van der Waals surface area contributed by atoms with Gasteiger partial charge >= 0.3 is 0 Å². The first-order valence-electron chi connectivity index (χ1n) is 5.89. The van der Waals surface area contributed by atoms with E-state index in [4.69, 9.17) is 9.47 Å². The summed E-state index contributed by atoms with van der Waals surface area (Å²) >= 11 is 0. The molecular weight excluding hydrogens is 208 g/mol. The van der Waals surface area contributed by atoms with Gasteiger partial charge in [0.2, 0.25) is 5.91 Å². The van der Waals surface area contributed by atoms with Gasteiger partial charge in [-0.3, -0.25) is 4.79 Å². The molecule has 0 aliphatic carbocycles. The van der Waals surface area contributed by atoms with Crippen LogP contribution in [0.15, 0.2) is 0 Å². The second kappa shape index (κ2) is 8.50. The first-order chi connectivity index (χ1) is 7.84. The lowest BCUT2D eigenvalue weighted by Crippen LogP contribution is -2.41. The molecule has 16 heavy (non-hydrogen) atoms. The molecule has 0 spiro atoms. The molecular formula is C11H22N2O3. The Bertz CT molecular complexity index is 194. The van der Waals surface area contributed by atoms with Crippen molar-refractivity contribution in [1.82, 2.24) is 10.6 Å². The third kappa shape index (κ3) is 5.44. The van der Waals surface area contributed by atoms with E-state index < -0.39 is 0 Å². The van der Waals surface area contributed by atoms with Crippen LogP contribution in [-0.4, -0.2) is 52.5 Å². The van der Waals surface area contributed by atoms with Crippen molar-refractivity contribution in [2.45, 2.75) is 12.8 Å². The zero-order valence-corrected chi connectivity index (χ0v) is 9.96. The van der Waals surface area contributed by atoms with Crippen LogP contribution in [0, 0.1) is 5.92 Å². The van der Waals surface area contributed by atoms with Crippen LogP contribution >= 0.6 is 0 Å². The number of carbonyl (C=O) groups is 1. The molecule has 1 heterocycles. The molecule has 1 aliphatic heterocycles. The lowest BCUT2D eigenvalue weighted by atomic mass is 9.99. The average Bonchev–Trinajstić information content (AvgIpc) is 2.34. The maximum absolute atomic E-state index is 11.7. The van der Waals surface area contributed by atoms with E-state index in [-0.39, 0.29) is 11.8 Å². The fourth-order valence-corrected chi connectivity index (χ4v) is 1.71. The van der Waals surface area contributed by atoms with Crippen molar-refractivity contribution in [3.8, 4) is 0 Å². The van der Waals surface area contributed by atoms with Gasteiger partial charge in [-0.25, -0.2) is 0 Å². The number of hydrogen-bond donors (Lipinski definition) is 2. The highest BCUT2D eigenvalue weighted by Gasteiger charge is 2.19. The van der Waals surface area contributed by atoms with Gasteiger partial charge in [0.25, 0.3) is 0 Å². The van der Waals surface area contributed by atoms with Crippen molar-refractivity contribution < 1.29 is 14.3 Å². The first-order valence-corrected chi connectivity index (χ1v) is 5.89. The Labute approximate surface area is 96.9 Å². The summed E-state index contributed by atoms with van der Waals surface area (Å²) in [5.74, 6) is 0.273. The Morgan fingerprint density at radius 2 is 2.31 bits per heavy atom. The fraction of sp³-hybridized carbons (Fsp3) is 0.909. The molecule has 0 saturated carbocycles. The van der Waals surface area contributed by atoms with Crippen molar-refractivity contribution in [3.63, 3.8) is 0 Å². The van der Waals surface area contributed by atoms with Gasteiger partial charge in [0.05, 0.1) is 25.7 Å². The smallest absolute Gasteiger partial charge is 0.224 e. The number of amides is 1. The number of nitrogens with one attached hydrogen (secondary N) is 2. The Hall–Kier alpha value is -0.650. The van der Waals surface area contributed by atoms with E-state index in [1.165, 1.54) is 0 Å². The summed E-state index contributed by atoms with van der Waals surface area (Å²) in [5, 5.41) is 6.11. The van der Waals surface area contributed by atoms with Gasteiger partial charge in [-0.05, 0) is 19.4 Å². The summed E-state index contributed by atoms with van der Waals surface area (Å²) in [6, 6.07) is 0. The quantitative estimate of drug-likeness (QED) is 0.593. The normalized spacial score (nSPS) is 20.7. The van der Waals surface area contributed by atoms with E-state index in [9.17, 15) is 4.79 Å². The molecule has 2 N–H and O–H groups in total. The van der Waals surface area contributed by atoms with Crippen LogP contribution in [0.25, 0.3) is 0 Å². The van der Waals surface area contributed by atoms with E-state index in [0.29, 0.717) is 26.4 Å². The molecule has 1 saturated heterocycles. The third-order valence-corrected chi connectivity index (χ3v) is 2.65. The number of rotatable bonds is 7. The Morgan fingerprint density at radius 1 is 1.44 bits per heavy atom. The molecule has 5 nitrogen and oxygen atoms in total. The number of hydrogen-bond acceptors (Lipinski definition) is 4. The Morgan fingerprint density at radius 3 is 3.00 bits per heavy atom. The fourth-order valence-electron chi connectivity index (χ4n) is 1.71. The summed E-state index contributed by atoms with van der Waals surface area (Å²) in [4.78, 5) is 11.7. The largest absolute Gasteiger partial charge is 0.382 e. The number of piperidine rings is 1. The van der Waals surface area contributed by atoms with Crippen molar-refractivity contribution in [2.75, 3.05) is 46.6 Å². The van der Waals surface area contributed by atoms with Crippen LogP contribution in [0.3, 0.4) is 0 Å². The SMILES string of the molecule is COCCOCCNC(=O)[C@H]1CCCNC1. The maximum Gasteiger partial charge on any atom is 0.224 e. The monoisotopic (exact) mass is 230 g/mol. The molecule has 1 aliphatic rings. The summed E-state index contributed by atoms with van der Waals surface area (Å²) in [7, 11) is 1.64. The van der Waals surface area contributed by atoms with Gasteiger partial charge in [-0.2, -0.15) is 0 Å². The highest BCUT2D eigenvalue weighted by atomic mass is 16.5. The van der Waals surface area contributed by atoms with Crippen LogP contribution in [0.4, 0.5) is 0 Å². The predicted octanol–water partition coefficient (Wildman–Crippen LogP) is -0.235. The van der Waals surface area contributed by atoms with Crippen LogP contribution in [0.2, 0.25) is 0 Å². The number of carbonyl (C=O) groups excluding carboxylic acids is 1. The minimum absolute atomic E-state index is 0.132. The molecule has 1 rings (SSSR count). The van der Waals surface area contributed by atoms with E-state index >= 15 is 0 Å². The van der Waals surface area contributed by atoms with E-state index in [2.05, 4.69) is 10.6 Å². The highest BCUT2D eigenvalue weighted by molar-refractivity contribution is 5.78. The van der Waals surface area contributed by atoms with Gasteiger partial charge in [-0.15, -0.1) is 0 Å². The molecule has 1 atom stereocenters. The highest BCUT2D eigenvalue weighted by Crippen LogP contribution is 2.09. The minimum atomic E-state index is 0.132. The maximum atomic E-state index is 11.7. The first kappa shape index (κ1) is 13.4. The lowest BCUT2D eigenvalue weighted by Gasteiger charge is -2.21. The molecule has 1 fully saturated rings. The molecule has 0 radical (unpaired) electrons. The lowest BCUT2D eigenvalue weighted by molar-refractivity contribution is -0.125. The summed E-state index contributed by atoms with van der Waals surface area (Å²) in [6.07, 6.45) is 2.08. The van der Waals surface area contributed by atoms with Crippen LogP contribution in [0.1, 0.15) is 12.8 Å². The van der Waals surface area contributed by atoms with Crippen molar-refractivity contribution in [2.24, 2.45) is 5.92 Å². The second-order valence-corrected chi connectivity index (χ2v) is 3.94. The van der Waals surface area contributed by atoms with Crippen LogP contribution in [-0.2, 0) is 14.3 Å². The molecule has 0 aromatic rings. The zero-order chi connectivity index (χ0) is 11.6. The van der Waals surface area contributed by atoms with Gasteiger partial charge in [0.15, 0.2) is 0 Å². The molecule has 0 bridgehead atoms.